The Bertz CT molecular complexity index is 1670. The van der Waals surface area contributed by atoms with Gasteiger partial charge in [-0.05, 0) is 55.2 Å². The largest absolute Gasteiger partial charge is 0.460 e. The van der Waals surface area contributed by atoms with Crippen LogP contribution in [0.1, 0.15) is 67.0 Å². The van der Waals surface area contributed by atoms with Gasteiger partial charge >= 0.3 is 5.97 Å². The Kier molecular flexibility index (Phi) is 12.2. The van der Waals surface area contributed by atoms with E-state index < -0.39 is 29.1 Å². The molecular weight excluding hydrogens is 609 g/mol. The van der Waals surface area contributed by atoms with Gasteiger partial charge in [0.1, 0.15) is 34.8 Å². The summed E-state index contributed by atoms with van der Waals surface area (Å²) in [5.41, 5.74) is 1.75. The number of hydrogen-bond acceptors (Lipinski definition) is 8. The molecule has 0 radical (unpaired) electrons. The number of aromatic nitrogens is 4. The number of rotatable bonds is 8. The van der Waals surface area contributed by atoms with Crippen LogP contribution < -0.4 is 0 Å². The number of hydrogen-bond donors (Lipinski definition) is 0. The summed E-state index contributed by atoms with van der Waals surface area (Å²) in [5.74, 6) is -1.49. The lowest BCUT2D eigenvalue weighted by atomic mass is 10.0. The maximum Gasteiger partial charge on any atom is 0.308 e. The van der Waals surface area contributed by atoms with Gasteiger partial charge in [0.25, 0.3) is 0 Å². The van der Waals surface area contributed by atoms with E-state index in [1.54, 1.807) is 57.4 Å². The highest BCUT2D eigenvalue weighted by atomic mass is 35.5. The lowest BCUT2D eigenvalue weighted by Gasteiger charge is -2.20. The molecule has 2 heterocycles. The average molecular weight is 638 g/mol. The lowest BCUT2D eigenvalue weighted by Crippen LogP contribution is -2.25. The van der Waals surface area contributed by atoms with Gasteiger partial charge in [-0.25, -0.2) is 28.7 Å². The van der Waals surface area contributed by atoms with Crippen LogP contribution in [0, 0.1) is 34.3 Å². The van der Waals surface area contributed by atoms with Gasteiger partial charge in [0.2, 0.25) is 0 Å². The third-order valence-electron chi connectivity index (χ3n) is 5.83. The van der Waals surface area contributed by atoms with Crippen molar-refractivity contribution < 1.29 is 18.3 Å². The van der Waals surface area contributed by atoms with E-state index in [0.29, 0.717) is 28.9 Å². The number of esters is 1. The molecule has 0 fully saturated rings. The Morgan fingerprint density at radius 3 is 1.77 bits per heavy atom. The molecule has 1 unspecified atom stereocenters. The van der Waals surface area contributed by atoms with E-state index in [4.69, 9.17) is 33.2 Å². The fourth-order valence-corrected chi connectivity index (χ4v) is 4.21. The fourth-order valence-electron chi connectivity index (χ4n) is 3.83. The Labute approximate surface area is 264 Å². The number of carbonyl (C=O) groups excluding carboxylic acids is 1. The minimum Gasteiger partial charge on any atom is -0.460 e. The van der Waals surface area contributed by atoms with Gasteiger partial charge in [-0.15, -0.1) is 0 Å². The lowest BCUT2D eigenvalue weighted by molar-refractivity contribution is -0.155. The van der Waals surface area contributed by atoms with Crippen LogP contribution in [0.4, 0.5) is 8.78 Å². The first-order valence-electron chi connectivity index (χ1n) is 13.3. The first kappa shape index (κ1) is 34.0. The van der Waals surface area contributed by atoms with E-state index in [1.165, 1.54) is 24.5 Å². The summed E-state index contributed by atoms with van der Waals surface area (Å²) in [4.78, 5) is 28.3. The smallest absolute Gasteiger partial charge is 0.308 e. The minimum absolute atomic E-state index is 0.0574. The zero-order chi connectivity index (χ0) is 32.3. The highest BCUT2D eigenvalue weighted by molar-refractivity contribution is 6.31. The summed E-state index contributed by atoms with van der Waals surface area (Å²) < 4.78 is 32.9. The van der Waals surface area contributed by atoms with Crippen LogP contribution in [-0.4, -0.2) is 31.5 Å². The third kappa shape index (κ3) is 10.3. The fraction of sp³-hybridized carbons (Fsp3) is 0.281. The summed E-state index contributed by atoms with van der Waals surface area (Å²) in [6.07, 6.45) is 6.92. The standard InChI is InChI=1S/C19H19ClFN3O2.C13H9ClFN3/c1-19(2,3)26-16(25)8-14(9-22)18-23-10-12(11-24-18)7-13-5-4-6-15(20)17(13)21;14-11-3-1-2-10(13(11)15)6-9-7-17-12(4-5-16)18-8-9/h4-6,10-11,14H,7-8H2,1-3H3;1-3,7-8H,4,6H2. The molecule has 4 aromatic rings. The second-order valence-corrected chi connectivity index (χ2v) is 11.4. The Morgan fingerprint density at radius 1 is 0.864 bits per heavy atom. The van der Waals surface area contributed by atoms with E-state index >= 15 is 0 Å². The number of halogens is 4. The molecule has 0 bridgehead atoms. The predicted molar refractivity (Wildman–Crippen MR) is 161 cm³/mol. The second kappa shape index (κ2) is 15.8. The van der Waals surface area contributed by atoms with Crippen molar-refractivity contribution in [2.24, 2.45) is 0 Å². The van der Waals surface area contributed by atoms with Crippen molar-refractivity contribution in [3.05, 3.63) is 117 Å². The Hall–Kier alpha value is -4.51. The van der Waals surface area contributed by atoms with Crippen LogP contribution >= 0.6 is 23.2 Å². The molecule has 0 aliphatic carbocycles. The molecule has 0 saturated heterocycles. The van der Waals surface area contributed by atoms with Gasteiger partial charge in [-0.2, -0.15) is 10.5 Å². The summed E-state index contributed by atoms with van der Waals surface area (Å²) in [7, 11) is 0. The molecule has 0 spiro atoms. The van der Waals surface area contributed by atoms with E-state index in [-0.39, 0.29) is 35.1 Å². The normalized spacial score (nSPS) is 11.4. The molecule has 0 saturated carbocycles. The van der Waals surface area contributed by atoms with Crippen molar-refractivity contribution in [2.45, 2.75) is 58.0 Å². The summed E-state index contributed by atoms with van der Waals surface area (Å²) in [5, 5.41) is 18.0. The number of nitriles is 2. The molecule has 4 rings (SSSR count). The van der Waals surface area contributed by atoms with E-state index in [9.17, 15) is 18.8 Å². The molecule has 0 amide bonds. The number of carbonyl (C=O) groups is 1. The van der Waals surface area contributed by atoms with Crippen molar-refractivity contribution in [1.29, 1.82) is 10.5 Å². The maximum atomic E-state index is 14.0. The first-order chi connectivity index (χ1) is 20.9. The third-order valence-corrected chi connectivity index (χ3v) is 6.42. The van der Waals surface area contributed by atoms with Gasteiger partial charge in [-0.1, -0.05) is 47.5 Å². The molecule has 226 valence electrons. The highest BCUT2D eigenvalue weighted by Gasteiger charge is 2.23. The number of ether oxygens (including phenoxy) is 1. The van der Waals surface area contributed by atoms with E-state index in [0.717, 1.165) is 5.56 Å². The zero-order valence-corrected chi connectivity index (χ0v) is 25.7. The Morgan fingerprint density at radius 2 is 1.34 bits per heavy atom. The van der Waals surface area contributed by atoms with Gasteiger partial charge in [0, 0.05) is 37.6 Å². The van der Waals surface area contributed by atoms with Gasteiger partial charge in [-0.3, -0.25) is 4.79 Å². The number of nitrogens with zero attached hydrogens (tertiary/aromatic N) is 6. The molecule has 2 aromatic heterocycles. The van der Waals surface area contributed by atoms with E-state index in [1.807, 2.05) is 12.1 Å². The maximum absolute atomic E-state index is 14.0. The molecule has 12 heteroatoms. The van der Waals surface area contributed by atoms with Crippen molar-refractivity contribution in [2.75, 3.05) is 0 Å². The molecule has 8 nitrogen and oxygen atoms in total. The summed E-state index contributed by atoms with van der Waals surface area (Å²) in [6, 6.07) is 13.6. The van der Waals surface area contributed by atoms with Crippen LogP contribution in [0.5, 0.6) is 0 Å². The van der Waals surface area contributed by atoms with E-state index in [2.05, 4.69) is 19.9 Å². The SMILES string of the molecule is CC(C)(C)OC(=O)CC(C#N)c1ncc(Cc2cccc(Cl)c2F)cn1.N#CCc1ncc(Cc2cccc(Cl)c2F)cn1. The molecule has 2 aromatic carbocycles. The van der Waals surface area contributed by atoms with Crippen LogP contribution in [-0.2, 0) is 28.8 Å². The van der Waals surface area contributed by atoms with Crippen molar-refractivity contribution >= 4 is 29.2 Å². The summed E-state index contributed by atoms with van der Waals surface area (Å²) >= 11 is 11.5. The number of benzene rings is 2. The van der Waals surface area contributed by atoms with Crippen LogP contribution in [0.25, 0.3) is 0 Å². The molecule has 0 N–H and O–H groups in total. The molecule has 0 aliphatic rings. The minimum atomic E-state index is -0.804. The van der Waals surface area contributed by atoms with Crippen molar-refractivity contribution in [3.63, 3.8) is 0 Å². The molecule has 0 aliphatic heterocycles. The summed E-state index contributed by atoms with van der Waals surface area (Å²) in [6.45, 7) is 5.27. The monoisotopic (exact) mass is 636 g/mol. The first-order valence-corrected chi connectivity index (χ1v) is 14.1. The van der Waals surface area contributed by atoms with Crippen LogP contribution in [0.15, 0.2) is 61.2 Å². The van der Waals surface area contributed by atoms with Crippen molar-refractivity contribution in [3.8, 4) is 12.1 Å². The van der Waals surface area contributed by atoms with Gasteiger partial charge < -0.3 is 4.74 Å². The predicted octanol–water partition coefficient (Wildman–Crippen LogP) is 7.12. The quantitative estimate of drug-likeness (QED) is 0.187. The topological polar surface area (TPSA) is 125 Å². The second-order valence-electron chi connectivity index (χ2n) is 10.5. The van der Waals surface area contributed by atoms with Gasteiger partial charge in [0.15, 0.2) is 0 Å². The van der Waals surface area contributed by atoms with Gasteiger partial charge in [0.05, 0.1) is 35.0 Å². The Balaban J connectivity index is 0.000000257. The van der Waals surface area contributed by atoms with Crippen LogP contribution in [0.2, 0.25) is 10.0 Å². The van der Waals surface area contributed by atoms with Crippen molar-refractivity contribution in [1.82, 2.24) is 19.9 Å². The highest BCUT2D eigenvalue weighted by Crippen LogP contribution is 2.22. The molecular formula is C32H28Cl2F2N6O2. The molecule has 44 heavy (non-hydrogen) atoms. The average Bonchev–Trinajstić information content (AvgIpc) is 2.98. The zero-order valence-electron chi connectivity index (χ0n) is 24.2. The molecule has 1 atom stereocenters. The van der Waals surface area contributed by atoms with Crippen LogP contribution in [0.3, 0.4) is 0 Å².